The molecule has 114 valence electrons. The van der Waals surface area contributed by atoms with Gasteiger partial charge in [0, 0.05) is 19.5 Å². The minimum absolute atomic E-state index is 0.0514. The van der Waals surface area contributed by atoms with E-state index in [1.165, 1.54) is 0 Å². The van der Waals surface area contributed by atoms with Crippen LogP contribution >= 0.6 is 0 Å². The van der Waals surface area contributed by atoms with Gasteiger partial charge in [0.15, 0.2) is 0 Å². The molecule has 0 unspecified atom stereocenters. The maximum absolute atomic E-state index is 12.4. The van der Waals surface area contributed by atoms with Gasteiger partial charge in [-0.15, -0.1) is 0 Å². The zero-order chi connectivity index (χ0) is 15.4. The van der Waals surface area contributed by atoms with E-state index in [1.807, 2.05) is 0 Å². The lowest BCUT2D eigenvalue weighted by Gasteiger charge is -2.32. The Bertz CT molecular complexity index is 533. The molecule has 1 aliphatic rings. The van der Waals surface area contributed by atoms with Crippen molar-refractivity contribution in [2.45, 2.75) is 32.6 Å². The summed E-state index contributed by atoms with van der Waals surface area (Å²) in [4.78, 5) is 24.7. The second kappa shape index (κ2) is 6.61. The van der Waals surface area contributed by atoms with Gasteiger partial charge in [0.25, 0.3) is 5.91 Å². The van der Waals surface area contributed by atoms with Crippen molar-refractivity contribution in [1.29, 1.82) is 0 Å². The fourth-order valence-corrected chi connectivity index (χ4v) is 2.75. The van der Waals surface area contributed by atoms with Crippen LogP contribution in [-0.4, -0.2) is 40.1 Å². The summed E-state index contributed by atoms with van der Waals surface area (Å²) in [5.74, 6) is -0.488. The molecule has 1 aromatic carbocycles. The standard InChI is InChI=1S/C16H21NO4/c1-11-3-2-4-13(15(11)20)16(21)17-9-7-12(8-10-17)5-6-14(18)19/h2-4,12,20H,5-10H2,1H3,(H,18,19). The van der Waals surface area contributed by atoms with Gasteiger partial charge in [-0.25, -0.2) is 0 Å². The molecular weight excluding hydrogens is 270 g/mol. The number of phenolic OH excluding ortho intramolecular Hbond substituents is 1. The van der Waals surface area contributed by atoms with E-state index in [0.717, 1.165) is 12.8 Å². The van der Waals surface area contributed by atoms with Crippen LogP contribution in [0.15, 0.2) is 18.2 Å². The number of carboxylic acids is 1. The molecule has 1 fully saturated rings. The summed E-state index contributed by atoms with van der Waals surface area (Å²) in [5.41, 5.74) is 1.04. The largest absolute Gasteiger partial charge is 0.507 e. The van der Waals surface area contributed by atoms with Crippen LogP contribution in [0.2, 0.25) is 0 Å². The molecule has 1 heterocycles. The number of aryl methyl sites for hydroxylation is 1. The summed E-state index contributed by atoms with van der Waals surface area (Å²) in [6.45, 7) is 3.01. The van der Waals surface area contributed by atoms with Crippen molar-refractivity contribution >= 4 is 11.9 Å². The van der Waals surface area contributed by atoms with Crippen molar-refractivity contribution in [2.75, 3.05) is 13.1 Å². The zero-order valence-electron chi connectivity index (χ0n) is 12.2. The maximum atomic E-state index is 12.4. The van der Waals surface area contributed by atoms with Crippen LogP contribution in [0.25, 0.3) is 0 Å². The molecule has 5 heteroatoms. The minimum atomic E-state index is -0.766. The van der Waals surface area contributed by atoms with E-state index in [-0.39, 0.29) is 18.1 Å². The third-order valence-electron chi connectivity index (χ3n) is 4.14. The van der Waals surface area contributed by atoms with E-state index in [2.05, 4.69) is 0 Å². The van der Waals surface area contributed by atoms with Gasteiger partial charge >= 0.3 is 5.97 Å². The van der Waals surface area contributed by atoms with Crippen molar-refractivity contribution in [3.63, 3.8) is 0 Å². The normalized spacial score (nSPS) is 16.0. The highest BCUT2D eigenvalue weighted by Gasteiger charge is 2.25. The van der Waals surface area contributed by atoms with E-state index in [9.17, 15) is 14.7 Å². The second-order valence-corrected chi connectivity index (χ2v) is 5.64. The summed E-state index contributed by atoms with van der Waals surface area (Å²) in [5, 5.41) is 18.7. The van der Waals surface area contributed by atoms with Crippen molar-refractivity contribution < 1.29 is 19.8 Å². The summed E-state index contributed by atoms with van der Waals surface area (Å²) < 4.78 is 0. The number of para-hydroxylation sites is 1. The first-order valence-corrected chi connectivity index (χ1v) is 7.28. The molecule has 2 N–H and O–H groups in total. The first-order chi connectivity index (χ1) is 9.99. The average Bonchev–Trinajstić information content (AvgIpc) is 2.48. The summed E-state index contributed by atoms with van der Waals surface area (Å²) >= 11 is 0. The summed E-state index contributed by atoms with van der Waals surface area (Å²) in [7, 11) is 0. The maximum Gasteiger partial charge on any atom is 0.303 e. The Hall–Kier alpha value is -2.04. The smallest absolute Gasteiger partial charge is 0.303 e. The SMILES string of the molecule is Cc1cccc(C(=O)N2CCC(CCC(=O)O)CC2)c1O. The number of benzene rings is 1. The number of aromatic hydroxyl groups is 1. The molecule has 1 aliphatic heterocycles. The lowest BCUT2D eigenvalue weighted by molar-refractivity contribution is -0.137. The Balaban J connectivity index is 1.94. The van der Waals surface area contributed by atoms with Gasteiger partial charge in [-0.3, -0.25) is 9.59 Å². The highest BCUT2D eigenvalue weighted by molar-refractivity contribution is 5.97. The molecule has 21 heavy (non-hydrogen) atoms. The molecule has 0 radical (unpaired) electrons. The lowest BCUT2D eigenvalue weighted by Crippen LogP contribution is -2.38. The molecule has 5 nitrogen and oxygen atoms in total. The Morgan fingerprint density at radius 1 is 1.29 bits per heavy atom. The zero-order valence-corrected chi connectivity index (χ0v) is 12.2. The quantitative estimate of drug-likeness (QED) is 0.893. The van der Waals surface area contributed by atoms with Gasteiger partial charge in [-0.2, -0.15) is 0 Å². The number of phenols is 1. The number of carbonyl (C=O) groups is 2. The van der Waals surface area contributed by atoms with E-state index in [0.29, 0.717) is 36.6 Å². The molecule has 1 aromatic rings. The molecule has 1 amide bonds. The van der Waals surface area contributed by atoms with Crippen LogP contribution in [0, 0.1) is 12.8 Å². The van der Waals surface area contributed by atoms with Crippen LogP contribution in [0.3, 0.4) is 0 Å². The third-order valence-corrected chi connectivity index (χ3v) is 4.14. The van der Waals surface area contributed by atoms with E-state index in [1.54, 1.807) is 30.0 Å². The van der Waals surface area contributed by atoms with Gasteiger partial charge in [0.05, 0.1) is 5.56 Å². The number of carboxylic acid groups (broad SMARTS) is 1. The Morgan fingerprint density at radius 3 is 2.57 bits per heavy atom. The molecule has 2 rings (SSSR count). The topological polar surface area (TPSA) is 77.8 Å². The van der Waals surface area contributed by atoms with Crippen molar-refractivity contribution in [2.24, 2.45) is 5.92 Å². The molecule has 0 aliphatic carbocycles. The first-order valence-electron chi connectivity index (χ1n) is 7.28. The van der Waals surface area contributed by atoms with Crippen molar-refractivity contribution in [3.8, 4) is 5.75 Å². The fourth-order valence-electron chi connectivity index (χ4n) is 2.75. The number of rotatable bonds is 4. The Kier molecular flexibility index (Phi) is 4.83. The van der Waals surface area contributed by atoms with Crippen LogP contribution in [0.5, 0.6) is 5.75 Å². The van der Waals surface area contributed by atoms with Crippen LogP contribution < -0.4 is 0 Å². The number of piperidine rings is 1. The fraction of sp³-hybridized carbons (Fsp3) is 0.500. The van der Waals surface area contributed by atoms with E-state index < -0.39 is 5.97 Å². The number of hydrogen-bond acceptors (Lipinski definition) is 3. The minimum Gasteiger partial charge on any atom is -0.507 e. The number of carbonyl (C=O) groups excluding carboxylic acids is 1. The summed E-state index contributed by atoms with van der Waals surface area (Å²) in [6.07, 6.45) is 2.52. The molecule has 0 aromatic heterocycles. The molecule has 0 bridgehead atoms. The molecule has 0 saturated carbocycles. The summed E-state index contributed by atoms with van der Waals surface area (Å²) in [6, 6.07) is 5.17. The lowest BCUT2D eigenvalue weighted by atomic mass is 9.92. The Labute approximate surface area is 124 Å². The van der Waals surface area contributed by atoms with Crippen LogP contribution in [0.4, 0.5) is 0 Å². The van der Waals surface area contributed by atoms with Gasteiger partial charge in [0.1, 0.15) is 5.75 Å². The van der Waals surface area contributed by atoms with Gasteiger partial charge in [-0.1, -0.05) is 12.1 Å². The molecular formula is C16H21NO4. The Morgan fingerprint density at radius 2 is 1.95 bits per heavy atom. The monoisotopic (exact) mass is 291 g/mol. The van der Waals surface area contributed by atoms with Crippen LogP contribution in [0.1, 0.15) is 41.6 Å². The molecule has 0 atom stereocenters. The van der Waals surface area contributed by atoms with Gasteiger partial charge in [-0.05, 0) is 43.7 Å². The highest BCUT2D eigenvalue weighted by atomic mass is 16.4. The molecule has 0 spiro atoms. The third kappa shape index (κ3) is 3.74. The van der Waals surface area contributed by atoms with E-state index in [4.69, 9.17) is 5.11 Å². The first kappa shape index (κ1) is 15.4. The number of nitrogens with zero attached hydrogens (tertiary/aromatic N) is 1. The van der Waals surface area contributed by atoms with Crippen molar-refractivity contribution in [1.82, 2.24) is 4.90 Å². The predicted octanol–water partition coefficient (Wildman–Crippen LogP) is 2.42. The predicted molar refractivity (Wildman–Crippen MR) is 78.3 cm³/mol. The number of aliphatic carboxylic acids is 1. The average molecular weight is 291 g/mol. The van der Waals surface area contributed by atoms with Gasteiger partial charge in [0.2, 0.25) is 0 Å². The number of amides is 1. The van der Waals surface area contributed by atoms with Gasteiger partial charge < -0.3 is 15.1 Å². The number of likely N-dealkylation sites (tertiary alicyclic amines) is 1. The number of hydrogen-bond donors (Lipinski definition) is 2. The highest BCUT2D eigenvalue weighted by Crippen LogP contribution is 2.27. The van der Waals surface area contributed by atoms with Crippen LogP contribution in [-0.2, 0) is 4.79 Å². The van der Waals surface area contributed by atoms with Crippen molar-refractivity contribution in [3.05, 3.63) is 29.3 Å². The molecule has 1 saturated heterocycles. The van der Waals surface area contributed by atoms with E-state index >= 15 is 0 Å². The second-order valence-electron chi connectivity index (χ2n) is 5.64.